The van der Waals surface area contributed by atoms with Crippen molar-refractivity contribution < 1.29 is 13.9 Å². The highest BCUT2D eigenvalue weighted by Gasteiger charge is 2.07. The third-order valence-corrected chi connectivity index (χ3v) is 3.23. The first-order chi connectivity index (χ1) is 10.5. The topological polar surface area (TPSA) is 64.3 Å². The summed E-state index contributed by atoms with van der Waals surface area (Å²) >= 11 is 0. The minimum absolute atomic E-state index is 0.323. The molecular weight excluding hydrogens is 283 g/mol. The standard InChI is InChI=1S/C17H19FN2O2/c1-12(17(19)21)20-10-13-4-2-5-14(8-13)11-22-16-7-3-6-15(18)9-16/h2-9,12,20H,10-11H2,1H3,(H2,19,21)/t12-/m0/s1. The van der Waals surface area contributed by atoms with Gasteiger partial charge in [0, 0.05) is 12.6 Å². The second kappa shape index (κ2) is 7.56. The van der Waals surface area contributed by atoms with Crippen LogP contribution in [0.15, 0.2) is 48.5 Å². The Morgan fingerprint density at radius 2 is 1.95 bits per heavy atom. The SMILES string of the molecule is C[C@H](NCc1cccc(COc2cccc(F)c2)c1)C(N)=O. The molecule has 22 heavy (non-hydrogen) atoms. The average molecular weight is 302 g/mol. The van der Waals surface area contributed by atoms with Crippen molar-refractivity contribution in [2.45, 2.75) is 26.1 Å². The van der Waals surface area contributed by atoms with E-state index in [1.807, 2.05) is 24.3 Å². The van der Waals surface area contributed by atoms with Gasteiger partial charge in [-0.05, 0) is 30.2 Å². The van der Waals surface area contributed by atoms with E-state index in [0.717, 1.165) is 11.1 Å². The van der Waals surface area contributed by atoms with Gasteiger partial charge < -0.3 is 15.8 Å². The molecule has 0 spiro atoms. The molecule has 0 fully saturated rings. The Morgan fingerprint density at radius 1 is 1.23 bits per heavy atom. The van der Waals surface area contributed by atoms with Crippen LogP contribution >= 0.6 is 0 Å². The third kappa shape index (κ3) is 4.86. The maximum absolute atomic E-state index is 13.1. The van der Waals surface area contributed by atoms with Crippen molar-refractivity contribution >= 4 is 5.91 Å². The van der Waals surface area contributed by atoms with Crippen molar-refractivity contribution in [3.63, 3.8) is 0 Å². The van der Waals surface area contributed by atoms with Crippen molar-refractivity contribution in [3.05, 3.63) is 65.5 Å². The van der Waals surface area contributed by atoms with Gasteiger partial charge in [0.1, 0.15) is 18.2 Å². The molecule has 1 atom stereocenters. The zero-order valence-corrected chi connectivity index (χ0v) is 12.4. The highest BCUT2D eigenvalue weighted by atomic mass is 19.1. The summed E-state index contributed by atoms with van der Waals surface area (Å²) in [4.78, 5) is 11.0. The van der Waals surface area contributed by atoms with Gasteiger partial charge in [0.05, 0.1) is 6.04 Å². The van der Waals surface area contributed by atoms with Crippen molar-refractivity contribution in [1.82, 2.24) is 5.32 Å². The van der Waals surface area contributed by atoms with E-state index in [9.17, 15) is 9.18 Å². The molecule has 0 aromatic heterocycles. The summed E-state index contributed by atoms with van der Waals surface area (Å²) < 4.78 is 18.6. The maximum atomic E-state index is 13.1. The van der Waals surface area contributed by atoms with Crippen LogP contribution in [0.3, 0.4) is 0 Å². The largest absolute Gasteiger partial charge is 0.489 e. The predicted octanol–water partition coefficient (Wildman–Crippen LogP) is 2.37. The highest BCUT2D eigenvalue weighted by molar-refractivity contribution is 5.79. The molecule has 0 aliphatic heterocycles. The zero-order chi connectivity index (χ0) is 15.9. The normalized spacial score (nSPS) is 11.9. The van der Waals surface area contributed by atoms with Crippen LogP contribution in [0.4, 0.5) is 4.39 Å². The molecule has 0 bridgehead atoms. The van der Waals surface area contributed by atoms with E-state index in [1.54, 1.807) is 19.1 Å². The molecule has 3 N–H and O–H groups in total. The molecule has 1 amide bonds. The summed E-state index contributed by atoms with van der Waals surface area (Å²) in [5.41, 5.74) is 7.19. The van der Waals surface area contributed by atoms with Crippen LogP contribution in [0.2, 0.25) is 0 Å². The maximum Gasteiger partial charge on any atom is 0.234 e. The summed E-state index contributed by atoms with van der Waals surface area (Å²) in [6, 6.07) is 13.4. The number of rotatable bonds is 7. The minimum atomic E-state index is -0.384. The molecule has 0 saturated carbocycles. The highest BCUT2D eigenvalue weighted by Crippen LogP contribution is 2.14. The summed E-state index contributed by atoms with van der Waals surface area (Å²) in [6.45, 7) is 2.61. The molecule has 5 heteroatoms. The first kappa shape index (κ1) is 16.0. The zero-order valence-electron chi connectivity index (χ0n) is 12.4. The Balaban J connectivity index is 1.92. The lowest BCUT2D eigenvalue weighted by Crippen LogP contribution is -2.38. The Bertz CT molecular complexity index is 646. The number of nitrogens with one attached hydrogen (secondary N) is 1. The smallest absolute Gasteiger partial charge is 0.234 e. The van der Waals surface area contributed by atoms with Crippen LogP contribution in [0.25, 0.3) is 0 Å². The molecule has 2 aromatic rings. The van der Waals surface area contributed by atoms with E-state index in [2.05, 4.69) is 5.32 Å². The molecule has 0 heterocycles. The first-order valence-electron chi connectivity index (χ1n) is 7.03. The fraction of sp³-hybridized carbons (Fsp3) is 0.235. The number of primary amides is 1. The Labute approximate surface area is 129 Å². The average Bonchev–Trinajstić information content (AvgIpc) is 2.51. The molecule has 2 rings (SSSR count). The summed E-state index contributed by atoms with van der Waals surface area (Å²) in [6.07, 6.45) is 0. The number of nitrogens with two attached hydrogens (primary N) is 1. The fourth-order valence-electron chi connectivity index (χ4n) is 1.92. The van der Waals surface area contributed by atoms with Gasteiger partial charge in [0.15, 0.2) is 0 Å². The van der Waals surface area contributed by atoms with Crippen LogP contribution in [0, 0.1) is 5.82 Å². The lowest BCUT2D eigenvalue weighted by molar-refractivity contribution is -0.119. The van der Waals surface area contributed by atoms with E-state index in [1.165, 1.54) is 12.1 Å². The van der Waals surface area contributed by atoms with Gasteiger partial charge >= 0.3 is 0 Å². The minimum Gasteiger partial charge on any atom is -0.489 e. The molecule has 0 radical (unpaired) electrons. The van der Waals surface area contributed by atoms with Crippen LogP contribution in [0.5, 0.6) is 5.75 Å². The Kier molecular flexibility index (Phi) is 5.49. The van der Waals surface area contributed by atoms with Gasteiger partial charge in [-0.2, -0.15) is 0 Å². The van der Waals surface area contributed by atoms with Gasteiger partial charge in [0.2, 0.25) is 5.91 Å². The summed E-state index contributed by atoms with van der Waals surface area (Å²) in [7, 11) is 0. The number of hydrogen-bond donors (Lipinski definition) is 2. The van der Waals surface area contributed by atoms with Gasteiger partial charge in [0.25, 0.3) is 0 Å². The number of carbonyl (C=O) groups is 1. The van der Waals surface area contributed by atoms with Crippen molar-refractivity contribution in [3.8, 4) is 5.75 Å². The number of hydrogen-bond acceptors (Lipinski definition) is 3. The van der Waals surface area contributed by atoms with Crippen LogP contribution in [-0.4, -0.2) is 11.9 Å². The van der Waals surface area contributed by atoms with Gasteiger partial charge in [-0.25, -0.2) is 4.39 Å². The second-order valence-electron chi connectivity index (χ2n) is 5.07. The Morgan fingerprint density at radius 3 is 2.68 bits per heavy atom. The van der Waals surface area contributed by atoms with Crippen LogP contribution in [-0.2, 0) is 17.9 Å². The predicted molar refractivity (Wildman–Crippen MR) is 82.7 cm³/mol. The Hall–Kier alpha value is -2.40. The fourth-order valence-corrected chi connectivity index (χ4v) is 1.92. The lowest BCUT2D eigenvalue weighted by Gasteiger charge is -2.11. The van der Waals surface area contributed by atoms with E-state index in [4.69, 9.17) is 10.5 Å². The van der Waals surface area contributed by atoms with E-state index in [-0.39, 0.29) is 17.8 Å². The number of ether oxygens (including phenoxy) is 1. The molecule has 4 nitrogen and oxygen atoms in total. The van der Waals surface area contributed by atoms with Crippen molar-refractivity contribution in [1.29, 1.82) is 0 Å². The molecule has 0 aliphatic rings. The third-order valence-electron chi connectivity index (χ3n) is 3.23. The molecule has 0 aliphatic carbocycles. The molecule has 116 valence electrons. The number of carbonyl (C=O) groups excluding carboxylic acids is 1. The van der Waals surface area contributed by atoms with Crippen LogP contribution < -0.4 is 15.8 Å². The summed E-state index contributed by atoms with van der Waals surface area (Å²) in [5.74, 6) is -0.215. The first-order valence-corrected chi connectivity index (χ1v) is 7.03. The number of halogens is 1. The lowest BCUT2D eigenvalue weighted by atomic mass is 10.1. The van der Waals surface area contributed by atoms with Crippen molar-refractivity contribution in [2.75, 3.05) is 0 Å². The van der Waals surface area contributed by atoms with E-state index >= 15 is 0 Å². The number of benzene rings is 2. The molecule has 2 aromatic carbocycles. The van der Waals surface area contributed by atoms with E-state index < -0.39 is 0 Å². The van der Waals surface area contributed by atoms with E-state index in [0.29, 0.717) is 18.9 Å². The quantitative estimate of drug-likeness (QED) is 0.825. The van der Waals surface area contributed by atoms with Gasteiger partial charge in [-0.1, -0.05) is 30.3 Å². The van der Waals surface area contributed by atoms with Gasteiger partial charge in [-0.15, -0.1) is 0 Å². The van der Waals surface area contributed by atoms with Crippen molar-refractivity contribution in [2.24, 2.45) is 5.73 Å². The van der Waals surface area contributed by atoms with Gasteiger partial charge in [-0.3, -0.25) is 4.79 Å². The number of amides is 1. The summed E-state index contributed by atoms with van der Waals surface area (Å²) in [5, 5.41) is 3.04. The monoisotopic (exact) mass is 302 g/mol. The van der Waals surface area contributed by atoms with Crippen LogP contribution in [0.1, 0.15) is 18.1 Å². The molecular formula is C17H19FN2O2. The molecule has 0 unspecified atom stereocenters. The molecule has 0 saturated heterocycles. The second-order valence-corrected chi connectivity index (χ2v) is 5.07.